The van der Waals surface area contributed by atoms with Gasteiger partial charge in [0.1, 0.15) is 11.5 Å². The van der Waals surface area contributed by atoms with Crippen molar-refractivity contribution in [1.29, 1.82) is 0 Å². The van der Waals surface area contributed by atoms with Crippen molar-refractivity contribution in [2.24, 2.45) is 0 Å². The van der Waals surface area contributed by atoms with Crippen molar-refractivity contribution < 1.29 is 19.0 Å². The molecule has 2 aromatic carbocycles. The number of methoxy groups -OCH3 is 2. The molecule has 4 heteroatoms. The lowest BCUT2D eigenvalue weighted by molar-refractivity contribution is 0.0600. The van der Waals surface area contributed by atoms with Crippen LogP contribution in [0.15, 0.2) is 54.1 Å². The molecular formula is C24H30O4. The summed E-state index contributed by atoms with van der Waals surface area (Å²) >= 11 is 0. The van der Waals surface area contributed by atoms with E-state index >= 15 is 0 Å². The minimum absolute atomic E-state index is 0.336. The number of carbonyl (C=O) groups excluding carboxylic acids is 1. The van der Waals surface area contributed by atoms with Crippen molar-refractivity contribution in [3.63, 3.8) is 0 Å². The van der Waals surface area contributed by atoms with E-state index in [1.807, 2.05) is 0 Å². The van der Waals surface area contributed by atoms with Crippen LogP contribution >= 0.6 is 0 Å². The number of ether oxygens (including phenoxy) is 3. The number of hydrogen-bond acceptors (Lipinski definition) is 4. The molecule has 0 saturated heterocycles. The molecule has 0 amide bonds. The maximum Gasteiger partial charge on any atom is 0.337 e. The number of allylic oxidation sites excluding steroid dienone is 1. The van der Waals surface area contributed by atoms with Crippen molar-refractivity contribution in [1.82, 2.24) is 0 Å². The lowest BCUT2D eigenvalue weighted by atomic mass is 9.91. The standard InChI is InChI=1S/C15H20O.C9H10O3/c1-2-3-11-16-15-9-7-14(8-10-15)12-13-5-4-6-13;1-11-8-5-3-7(4-6-8)9(10)12-2/h7-10,12H,2-6,11H2,1H3;3-6H,1-2H3. The largest absolute Gasteiger partial charge is 0.497 e. The Bertz CT molecular complexity index is 739. The molecule has 2 aromatic rings. The number of hydrogen-bond donors (Lipinski definition) is 0. The fourth-order valence-corrected chi connectivity index (χ4v) is 2.60. The summed E-state index contributed by atoms with van der Waals surface area (Å²) < 4.78 is 15.1. The van der Waals surface area contributed by atoms with Crippen LogP contribution in [0.3, 0.4) is 0 Å². The highest BCUT2D eigenvalue weighted by Crippen LogP contribution is 2.27. The van der Waals surface area contributed by atoms with Crippen LogP contribution in [-0.4, -0.2) is 26.8 Å². The summed E-state index contributed by atoms with van der Waals surface area (Å²) in [6.07, 6.45) is 8.56. The van der Waals surface area contributed by atoms with Crippen molar-refractivity contribution in [3.8, 4) is 11.5 Å². The Morgan fingerprint density at radius 3 is 2.11 bits per heavy atom. The summed E-state index contributed by atoms with van der Waals surface area (Å²) in [7, 11) is 2.93. The van der Waals surface area contributed by atoms with Gasteiger partial charge in [-0.3, -0.25) is 0 Å². The first-order valence-corrected chi connectivity index (χ1v) is 9.81. The van der Waals surface area contributed by atoms with Crippen LogP contribution in [0.25, 0.3) is 6.08 Å². The number of unbranched alkanes of at least 4 members (excludes halogenated alkanes) is 1. The van der Waals surface area contributed by atoms with Gasteiger partial charge in [0, 0.05) is 0 Å². The third kappa shape index (κ3) is 7.10. The van der Waals surface area contributed by atoms with Crippen LogP contribution in [0.1, 0.15) is 54.9 Å². The molecule has 4 nitrogen and oxygen atoms in total. The Morgan fingerprint density at radius 2 is 1.61 bits per heavy atom. The van der Waals surface area contributed by atoms with Crippen molar-refractivity contribution in [2.75, 3.05) is 20.8 Å². The number of benzene rings is 2. The van der Waals surface area contributed by atoms with Crippen LogP contribution < -0.4 is 9.47 Å². The van der Waals surface area contributed by atoms with Gasteiger partial charge < -0.3 is 14.2 Å². The summed E-state index contributed by atoms with van der Waals surface area (Å²) in [5.41, 5.74) is 3.41. The van der Waals surface area contributed by atoms with Gasteiger partial charge in [0.2, 0.25) is 0 Å². The minimum atomic E-state index is -0.336. The number of esters is 1. The molecule has 0 atom stereocenters. The highest BCUT2D eigenvalue weighted by molar-refractivity contribution is 5.89. The Kier molecular flexibility index (Phi) is 9.13. The molecule has 28 heavy (non-hydrogen) atoms. The van der Waals surface area contributed by atoms with E-state index in [1.54, 1.807) is 36.9 Å². The molecule has 150 valence electrons. The van der Waals surface area contributed by atoms with Gasteiger partial charge in [0.15, 0.2) is 0 Å². The molecule has 1 aliphatic rings. The molecule has 1 fully saturated rings. The average Bonchev–Trinajstić information content (AvgIpc) is 2.72. The van der Waals surface area contributed by atoms with Crippen LogP contribution in [0.2, 0.25) is 0 Å². The van der Waals surface area contributed by atoms with Crippen molar-refractivity contribution in [2.45, 2.75) is 39.0 Å². The van der Waals surface area contributed by atoms with Gasteiger partial charge in [0.25, 0.3) is 0 Å². The summed E-state index contributed by atoms with van der Waals surface area (Å²) in [5.74, 6) is 1.38. The zero-order valence-corrected chi connectivity index (χ0v) is 17.1. The van der Waals surface area contributed by atoms with Gasteiger partial charge in [-0.1, -0.05) is 37.1 Å². The summed E-state index contributed by atoms with van der Waals surface area (Å²) in [6, 6.07) is 15.2. The molecule has 0 N–H and O–H groups in total. The van der Waals surface area contributed by atoms with E-state index < -0.39 is 0 Å². The minimum Gasteiger partial charge on any atom is -0.497 e. The predicted octanol–water partition coefficient (Wildman–Crippen LogP) is 5.91. The molecule has 0 spiro atoms. The Morgan fingerprint density at radius 1 is 0.964 bits per heavy atom. The average molecular weight is 383 g/mol. The van der Waals surface area contributed by atoms with E-state index in [2.05, 4.69) is 42.0 Å². The first-order chi connectivity index (χ1) is 13.7. The molecule has 3 rings (SSSR count). The Hall–Kier alpha value is -2.75. The lowest BCUT2D eigenvalue weighted by Gasteiger charge is -2.15. The first-order valence-electron chi connectivity index (χ1n) is 9.81. The zero-order valence-electron chi connectivity index (χ0n) is 17.1. The third-order valence-corrected chi connectivity index (χ3v) is 4.52. The molecule has 0 bridgehead atoms. The molecule has 0 aliphatic heterocycles. The van der Waals surface area contributed by atoms with E-state index in [-0.39, 0.29) is 5.97 Å². The second-order valence-corrected chi connectivity index (χ2v) is 6.65. The number of carbonyl (C=O) groups is 1. The topological polar surface area (TPSA) is 44.8 Å². The molecule has 1 aliphatic carbocycles. The monoisotopic (exact) mass is 382 g/mol. The quantitative estimate of drug-likeness (QED) is 0.441. The van der Waals surface area contributed by atoms with E-state index in [1.165, 1.54) is 38.4 Å². The molecular weight excluding hydrogens is 352 g/mol. The highest BCUT2D eigenvalue weighted by atomic mass is 16.5. The molecule has 1 saturated carbocycles. The van der Waals surface area contributed by atoms with Gasteiger partial charge in [0.05, 0.1) is 26.4 Å². The first kappa shape index (κ1) is 21.5. The summed E-state index contributed by atoms with van der Waals surface area (Å²) in [6.45, 7) is 3.01. The predicted molar refractivity (Wildman–Crippen MR) is 113 cm³/mol. The van der Waals surface area contributed by atoms with Gasteiger partial charge in [-0.15, -0.1) is 0 Å². The Balaban J connectivity index is 0.000000209. The van der Waals surface area contributed by atoms with Gasteiger partial charge in [-0.25, -0.2) is 4.79 Å². The molecule has 0 unspecified atom stereocenters. The normalized spacial score (nSPS) is 12.2. The van der Waals surface area contributed by atoms with Gasteiger partial charge in [-0.05, 0) is 67.6 Å². The maximum atomic E-state index is 11.0. The molecule has 0 aromatic heterocycles. The second kappa shape index (κ2) is 11.9. The summed E-state index contributed by atoms with van der Waals surface area (Å²) in [5, 5.41) is 0. The van der Waals surface area contributed by atoms with Crippen LogP contribution in [0, 0.1) is 0 Å². The molecule has 0 radical (unpaired) electrons. The fourth-order valence-electron chi connectivity index (χ4n) is 2.60. The zero-order chi connectivity index (χ0) is 20.2. The van der Waals surface area contributed by atoms with Gasteiger partial charge in [-0.2, -0.15) is 0 Å². The van der Waals surface area contributed by atoms with Gasteiger partial charge >= 0.3 is 5.97 Å². The fraction of sp³-hybridized carbons (Fsp3) is 0.375. The van der Waals surface area contributed by atoms with Crippen LogP contribution in [0.5, 0.6) is 11.5 Å². The highest BCUT2D eigenvalue weighted by Gasteiger charge is 2.07. The molecule has 0 heterocycles. The SMILES string of the molecule is CCCCOc1ccc(C=C2CCC2)cc1.COC(=O)c1ccc(OC)cc1. The van der Waals surface area contributed by atoms with E-state index in [9.17, 15) is 4.79 Å². The lowest BCUT2D eigenvalue weighted by Crippen LogP contribution is -2.00. The maximum absolute atomic E-state index is 11.0. The summed E-state index contributed by atoms with van der Waals surface area (Å²) in [4.78, 5) is 11.0. The van der Waals surface area contributed by atoms with Crippen LogP contribution in [0.4, 0.5) is 0 Å². The smallest absolute Gasteiger partial charge is 0.337 e. The van der Waals surface area contributed by atoms with E-state index in [0.29, 0.717) is 5.56 Å². The second-order valence-electron chi connectivity index (χ2n) is 6.65. The van der Waals surface area contributed by atoms with Crippen molar-refractivity contribution in [3.05, 3.63) is 65.2 Å². The Labute approximate surface area is 168 Å². The van der Waals surface area contributed by atoms with Crippen molar-refractivity contribution >= 4 is 12.0 Å². The number of rotatable bonds is 7. The van der Waals surface area contributed by atoms with E-state index in [4.69, 9.17) is 9.47 Å². The van der Waals surface area contributed by atoms with Crippen LogP contribution in [-0.2, 0) is 4.74 Å². The van der Waals surface area contributed by atoms with E-state index in [0.717, 1.165) is 24.5 Å². The third-order valence-electron chi connectivity index (χ3n) is 4.52.